The highest BCUT2D eigenvalue weighted by atomic mass is 16.2. The van der Waals surface area contributed by atoms with Gasteiger partial charge < -0.3 is 5.32 Å². The van der Waals surface area contributed by atoms with Crippen molar-refractivity contribution in [3.63, 3.8) is 0 Å². The lowest BCUT2D eigenvalue weighted by atomic mass is 9.98. The molecule has 0 aliphatic rings. The summed E-state index contributed by atoms with van der Waals surface area (Å²) < 4.78 is 1.76. The molecule has 0 bridgehead atoms. The van der Waals surface area contributed by atoms with E-state index in [4.69, 9.17) is 0 Å². The van der Waals surface area contributed by atoms with Gasteiger partial charge in [-0.2, -0.15) is 0 Å². The Balaban J connectivity index is 1.70. The largest absolute Gasteiger partial charge is 0.331 e. The van der Waals surface area contributed by atoms with E-state index < -0.39 is 0 Å². The van der Waals surface area contributed by atoms with E-state index in [0.717, 1.165) is 16.8 Å². The maximum Gasteiger partial charge on any atom is 0.320 e. The summed E-state index contributed by atoms with van der Waals surface area (Å²) in [5.41, 5.74) is 5.39. The molecule has 0 saturated carbocycles. The molecule has 26 heavy (non-hydrogen) atoms. The van der Waals surface area contributed by atoms with E-state index in [1.165, 1.54) is 11.1 Å². The summed E-state index contributed by atoms with van der Waals surface area (Å²) >= 11 is 0. The fraction of sp³-hybridized carbons (Fsp3) is 0.238. The first-order valence-electron chi connectivity index (χ1n) is 8.71. The summed E-state index contributed by atoms with van der Waals surface area (Å²) in [4.78, 5) is 12.4. The van der Waals surface area contributed by atoms with Crippen LogP contribution in [0.3, 0.4) is 0 Å². The maximum atomic E-state index is 12.4. The molecule has 1 atom stereocenters. The van der Waals surface area contributed by atoms with Gasteiger partial charge in [0, 0.05) is 11.8 Å². The van der Waals surface area contributed by atoms with E-state index in [0.29, 0.717) is 5.82 Å². The van der Waals surface area contributed by atoms with Gasteiger partial charge in [0.15, 0.2) is 5.82 Å². The molecule has 0 radical (unpaired) electrons. The standard InChI is InChI=1S/C21H24N4O/c1-14-9-8-12-19(16(14)3)17(4)22-21(26)23-20-15(2)13-25(24-20)18-10-6-5-7-11-18/h5-13,17H,1-4H3,(H2,22,23,24,26). The number of carbonyl (C=O) groups is 1. The number of nitrogens with zero attached hydrogens (tertiary/aromatic N) is 2. The maximum absolute atomic E-state index is 12.4. The zero-order valence-electron chi connectivity index (χ0n) is 15.6. The molecule has 3 rings (SSSR count). The van der Waals surface area contributed by atoms with Crippen LogP contribution in [0.2, 0.25) is 0 Å². The summed E-state index contributed by atoms with van der Waals surface area (Å²) in [5.74, 6) is 0.555. The van der Waals surface area contributed by atoms with Crippen LogP contribution in [0.5, 0.6) is 0 Å². The molecule has 134 valence electrons. The third-order valence-electron chi connectivity index (χ3n) is 4.61. The molecule has 3 aromatic rings. The van der Waals surface area contributed by atoms with Gasteiger partial charge in [0.05, 0.1) is 11.7 Å². The summed E-state index contributed by atoms with van der Waals surface area (Å²) in [6.07, 6.45) is 1.90. The first-order valence-corrected chi connectivity index (χ1v) is 8.71. The Labute approximate surface area is 154 Å². The monoisotopic (exact) mass is 348 g/mol. The number of benzene rings is 2. The van der Waals surface area contributed by atoms with E-state index in [9.17, 15) is 4.79 Å². The van der Waals surface area contributed by atoms with Crippen molar-refractivity contribution in [1.82, 2.24) is 15.1 Å². The Hall–Kier alpha value is -3.08. The summed E-state index contributed by atoms with van der Waals surface area (Å²) in [7, 11) is 0. The van der Waals surface area contributed by atoms with Crippen molar-refractivity contribution < 1.29 is 4.79 Å². The first kappa shape index (κ1) is 17.7. The average molecular weight is 348 g/mol. The molecule has 0 saturated heterocycles. The van der Waals surface area contributed by atoms with Crippen molar-refractivity contribution in [2.75, 3.05) is 5.32 Å². The van der Waals surface area contributed by atoms with Crippen molar-refractivity contribution in [1.29, 1.82) is 0 Å². The molecule has 0 aliphatic heterocycles. The molecular weight excluding hydrogens is 324 g/mol. The zero-order valence-corrected chi connectivity index (χ0v) is 15.6. The molecule has 2 N–H and O–H groups in total. The molecule has 2 amide bonds. The topological polar surface area (TPSA) is 59.0 Å². The van der Waals surface area contributed by atoms with Crippen LogP contribution in [0.1, 0.15) is 35.2 Å². The average Bonchev–Trinajstić information content (AvgIpc) is 2.98. The lowest BCUT2D eigenvalue weighted by molar-refractivity contribution is 0.249. The highest BCUT2D eigenvalue weighted by molar-refractivity contribution is 5.89. The molecular formula is C21H24N4O. The molecule has 5 heteroatoms. The van der Waals surface area contributed by atoms with Gasteiger partial charge in [-0.05, 0) is 56.5 Å². The minimum Gasteiger partial charge on any atom is -0.331 e. The van der Waals surface area contributed by atoms with Crippen molar-refractivity contribution in [3.8, 4) is 5.69 Å². The molecule has 1 aromatic heterocycles. The number of rotatable bonds is 4. The Morgan fingerprint density at radius 1 is 1.00 bits per heavy atom. The number of amides is 2. The van der Waals surface area contributed by atoms with Crippen LogP contribution in [0.15, 0.2) is 54.7 Å². The lowest BCUT2D eigenvalue weighted by Crippen LogP contribution is -2.32. The number of nitrogens with one attached hydrogen (secondary N) is 2. The van der Waals surface area contributed by atoms with Gasteiger partial charge in [-0.3, -0.25) is 5.32 Å². The van der Waals surface area contributed by atoms with Gasteiger partial charge >= 0.3 is 6.03 Å². The van der Waals surface area contributed by atoms with Gasteiger partial charge in [-0.1, -0.05) is 36.4 Å². The Morgan fingerprint density at radius 3 is 2.46 bits per heavy atom. The third-order valence-corrected chi connectivity index (χ3v) is 4.61. The second-order valence-corrected chi connectivity index (χ2v) is 6.55. The van der Waals surface area contributed by atoms with Gasteiger partial charge in [0.1, 0.15) is 0 Å². The van der Waals surface area contributed by atoms with E-state index in [2.05, 4.69) is 35.6 Å². The van der Waals surface area contributed by atoms with E-state index in [1.807, 2.05) is 62.5 Å². The van der Waals surface area contributed by atoms with Crippen molar-refractivity contribution >= 4 is 11.8 Å². The van der Waals surface area contributed by atoms with Crippen LogP contribution < -0.4 is 10.6 Å². The predicted octanol–water partition coefficient (Wildman–Crippen LogP) is 4.68. The van der Waals surface area contributed by atoms with Crippen LogP contribution in [0.4, 0.5) is 10.6 Å². The van der Waals surface area contributed by atoms with Crippen molar-refractivity contribution in [2.24, 2.45) is 0 Å². The molecule has 2 aromatic carbocycles. The molecule has 0 aliphatic carbocycles. The number of aromatic nitrogens is 2. The fourth-order valence-corrected chi connectivity index (χ4v) is 2.96. The number of aryl methyl sites for hydroxylation is 2. The van der Waals surface area contributed by atoms with Crippen molar-refractivity contribution in [3.05, 3.63) is 77.0 Å². The Bertz CT molecular complexity index is 915. The van der Waals surface area contributed by atoms with Crippen LogP contribution >= 0.6 is 0 Å². The Kier molecular flexibility index (Phi) is 5.07. The number of para-hydroxylation sites is 1. The van der Waals surface area contributed by atoms with Crippen LogP contribution in [0.25, 0.3) is 5.69 Å². The van der Waals surface area contributed by atoms with Crippen LogP contribution in [-0.2, 0) is 0 Å². The third kappa shape index (κ3) is 3.77. The van der Waals surface area contributed by atoms with E-state index in [1.54, 1.807) is 4.68 Å². The minimum atomic E-state index is -0.264. The SMILES string of the molecule is Cc1cn(-c2ccccc2)nc1NC(=O)NC(C)c1cccc(C)c1C. The van der Waals surface area contributed by atoms with Crippen LogP contribution in [0, 0.1) is 20.8 Å². The number of urea groups is 1. The Morgan fingerprint density at radius 2 is 1.73 bits per heavy atom. The lowest BCUT2D eigenvalue weighted by Gasteiger charge is -2.18. The second kappa shape index (κ2) is 7.44. The van der Waals surface area contributed by atoms with E-state index >= 15 is 0 Å². The van der Waals surface area contributed by atoms with Crippen LogP contribution in [-0.4, -0.2) is 15.8 Å². The summed E-state index contributed by atoms with van der Waals surface area (Å²) in [5, 5.41) is 10.3. The number of carbonyl (C=O) groups excluding carboxylic acids is 1. The fourth-order valence-electron chi connectivity index (χ4n) is 2.96. The highest BCUT2D eigenvalue weighted by Gasteiger charge is 2.15. The first-order chi connectivity index (χ1) is 12.5. The molecule has 0 spiro atoms. The molecule has 1 unspecified atom stereocenters. The molecule has 1 heterocycles. The number of hydrogen-bond donors (Lipinski definition) is 2. The van der Waals surface area contributed by atoms with Gasteiger partial charge in [-0.15, -0.1) is 5.10 Å². The zero-order chi connectivity index (χ0) is 18.7. The summed E-state index contributed by atoms with van der Waals surface area (Å²) in [6, 6.07) is 15.6. The second-order valence-electron chi connectivity index (χ2n) is 6.55. The predicted molar refractivity (Wildman–Crippen MR) is 105 cm³/mol. The van der Waals surface area contributed by atoms with E-state index in [-0.39, 0.29) is 12.1 Å². The van der Waals surface area contributed by atoms with Gasteiger partial charge in [0.2, 0.25) is 0 Å². The number of anilines is 1. The van der Waals surface area contributed by atoms with Crippen molar-refractivity contribution in [2.45, 2.75) is 33.7 Å². The minimum absolute atomic E-state index is 0.0913. The summed E-state index contributed by atoms with van der Waals surface area (Å²) in [6.45, 7) is 8.06. The normalized spacial score (nSPS) is 11.8. The molecule has 5 nitrogen and oxygen atoms in total. The smallest absolute Gasteiger partial charge is 0.320 e. The number of hydrogen-bond acceptors (Lipinski definition) is 2. The van der Waals surface area contributed by atoms with Gasteiger partial charge in [-0.25, -0.2) is 9.48 Å². The quantitative estimate of drug-likeness (QED) is 0.719. The van der Waals surface area contributed by atoms with Gasteiger partial charge in [0.25, 0.3) is 0 Å². The molecule has 0 fully saturated rings. The highest BCUT2D eigenvalue weighted by Crippen LogP contribution is 2.20.